The first-order chi connectivity index (χ1) is 10.1. The van der Waals surface area contributed by atoms with Crippen molar-refractivity contribution < 1.29 is 9.90 Å². The normalized spacial score (nSPS) is 14.0. The molecule has 0 saturated heterocycles. The summed E-state index contributed by atoms with van der Waals surface area (Å²) in [7, 11) is 0. The smallest absolute Gasteiger partial charge is 0.271 e. The van der Waals surface area contributed by atoms with Crippen molar-refractivity contribution in [3.63, 3.8) is 0 Å². The summed E-state index contributed by atoms with van der Waals surface area (Å²) in [6, 6.07) is 5.47. The summed E-state index contributed by atoms with van der Waals surface area (Å²) >= 11 is 1.45. The minimum absolute atomic E-state index is 0.119. The highest BCUT2D eigenvalue weighted by atomic mass is 32.1. The molecule has 3 aromatic heterocycles. The molecule has 3 rings (SSSR count). The maximum absolute atomic E-state index is 12.1. The van der Waals surface area contributed by atoms with E-state index >= 15 is 0 Å². The van der Waals surface area contributed by atoms with Gasteiger partial charge in [0.05, 0.1) is 6.54 Å². The first kappa shape index (κ1) is 13.7. The molecule has 108 valence electrons. The van der Waals surface area contributed by atoms with Gasteiger partial charge in [-0.2, -0.15) is 0 Å². The molecule has 0 aromatic carbocycles. The number of aromatic nitrogens is 3. The van der Waals surface area contributed by atoms with Crippen LogP contribution in [0.15, 0.2) is 42.2 Å². The number of nitrogens with zero attached hydrogens (tertiary/aromatic N) is 3. The monoisotopic (exact) mass is 302 g/mol. The fourth-order valence-electron chi connectivity index (χ4n) is 1.95. The zero-order valence-electron chi connectivity index (χ0n) is 11.4. The van der Waals surface area contributed by atoms with Crippen molar-refractivity contribution in [3.05, 3.63) is 52.7 Å². The number of hydrogen-bond donors (Lipinski definition) is 2. The van der Waals surface area contributed by atoms with Crippen LogP contribution in [0.2, 0.25) is 0 Å². The van der Waals surface area contributed by atoms with Crippen molar-refractivity contribution in [3.8, 4) is 0 Å². The third kappa shape index (κ3) is 2.79. The van der Waals surface area contributed by atoms with Crippen molar-refractivity contribution in [2.24, 2.45) is 0 Å². The molecule has 3 heterocycles. The van der Waals surface area contributed by atoms with Crippen LogP contribution in [-0.4, -0.2) is 31.9 Å². The van der Waals surface area contributed by atoms with E-state index in [-0.39, 0.29) is 18.1 Å². The lowest BCUT2D eigenvalue weighted by Crippen LogP contribution is -2.38. The molecule has 6 nitrogen and oxygen atoms in total. The molecule has 7 heteroatoms. The Morgan fingerprint density at radius 1 is 1.52 bits per heavy atom. The largest absolute Gasteiger partial charge is 0.383 e. The summed E-state index contributed by atoms with van der Waals surface area (Å²) in [5.41, 5.74) is -0.822. The van der Waals surface area contributed by atoms with E-state index in [0.29, 0.717) is 5.78 Å². The van der Waals surface area contributed by atoms with Crippen molar-refractivity contribution in [1.82, 2.24) is 19.7 Å². The van der Waals surface area contributed by atoms with E-state index in [0.717, 1.165) is 4.88 Å². The number of hydrogen-bond acceptors (Lipinski definition) is 5. The molecule has 21 heavy (non-hydrogen) atoms. The highest BCUT2D eigenvalue weighted by Crippen LogP contribution is 2.24. The van der Waals surface area contributed by atoms with E-state index in [1.807, 2.05) is 17.5 Å². The van der Waals surface area contributed by atoms with Crippen molar-refractivity contribution in [2.45, 2.75) is 12.5 Å². The zero-order chi connectivity index (χ0) is 14.9. The van der Waals surface area contributed by atoms with E-state index in [1.165, 1.54) is 11.3 Å². The molecule has 3 aromatic rings. The first-order valence-electron chi connectivity index (χ1n) is 6.40. The third-order valence-electron chi connectivity index (χ3n) is 3.11. The Bertz CT molecular complexity index is 731. The van der Waals surface area contributed by atoms with Gasteiger partial charge in [-0.25, -0.2) is 9.97 Å². The van der Waals surface area contributed by atoms with Crippen molar-refractivity contribution in [2.75, 3.05) is 6.54 Å². The lowest BCUT2D eigenvalue weighted by molar-refractivity contribution is 0.0555. The Morgan fingerprint density at radius 2 is 2.38 bits per heavy atom. The van der Waals surface area contributed by atoms with Gasteiger partial charge in [0, 0.05) is 23.5 Å². The molecule has 0 spiro atoms. The summed E-state index contributed by atoms with van der Waals surface area (Å²) in [6.07, 6.45) is 5.00. The van der Waals surface area contributed by atoms with Gasteiger partial charge in [0.15, 0.2) is 0 Å². The second-order valence-electron chi connectivity index (χ2n) is 4.89. The topological polar surface area (TPSA) is 79.5 Å². The molecule has 0 radical (unpaired) electrons. The Balaban J connectivity index is 1.72. The molecule has 0 aliphatic heterocycles. The third-order valence-corrected chi connectivity index (χ3v) is 4.24. The van der Waals surface area contributed by atoms with E-state index in [2.05, 4.69) is 15.3 Å². The van der Waals surface area contributed by atoms with Crippen LogP contribution in [0, 0.1) is 0 Å². The Hall–Kier alpha value is -2.25. The van der Waals surface area contributed by atoms with Crippen molar-refractivity contribution >= 4 is 23.0 Å². The summed E-state index contributed by atoms with van der Waals surface area (Å²) < 4.78 is 1.67. The molecule has 0 fully saturated rings. The quantitative estimate of drug-likeness (QED) is 0.764. The van der Waals surface area contributed by atoms with Gasteiger partial charge in [-0.15, -0.1) is 11.3 Å². The van der Waals surface area contributed by atoms with Gasteiger partial charge in [0.2, 0.25) is 5.78 Å². The minimum atomic E-state index is -1.10. The predicted molar refractivity (Wildman–Crippen MR) is 79.2 cm³/mol. The maximum Gasteiger partial charge on any atom is 0.271 e. The van der Waals surface area contributed by atoms with Crippen LogP contribution < -0.4 is 5.32 Å². The number of imidazole rings is 1. The number of carbonyl (C=O) groups excluding carboxylic acids is 1. The lowest BCUT2D eigenvalue weighted by Gasteiger charge is -2.21. The Kier molecular flexibility index (Phi) is 3.44. The Morgan fingerprint density at radius 3 is 3.10 bits per heavy atom. The lowest BCUT2D eigenvalue weighted by atomic mass is 10.1. The number of rotatable bonds is 4. The number of carbonyl (C=O) groups is 1. The van der Waals surface area contributed by atoms with Crippen LogP contribution in [-0.2, 0) is 5.60 Å². The zero-order valence-corrected chi connectivity index (χ0v) is 12.2. The highest BCUT2D eigenvalue weighted by Gasteiger charge is 2.25. The van der Waals surface area contributed by atoms with Crippen molar-refractivity contribution in [1.29, 1.82) is 0 Å². The van der Waals surface area contributed by atoms with Gasteiger partial charge in [0.1, 0.15) is 11.3 Å². The summed E-state index contributed by atoms with van der Waals surface area (Å²) in [5.74, 6) is 0.130. The van der Waals surface area contributed by atoms with E-state index < -0.39 is 5.60 Å². The fraction of sp³-hybridized carbons (Fsp3) is 0.214. The predicted octanol–water partition coefficient (Wildman–Crippen LogP) is 1.43. The van der Waals surface area contributed by atoms with Gasteiger partial charge in [-0.05, 0) is 24.4 Å². The first-order valence-corrected chi connectivity index (χ1v) is 7.28. The van der Waals surface area contributed by atoms with E-state index in [4.69, 9.17) is 0 Å². The van der Waals surface area contributed by atoms with Gasteiger partial charge < -0.3 is 10.4 Å². The SMILES string of the molecule is CC(O)(CNC(=O)c1cn2cccnc2n1)c1cccs1. The average molecular weight is 302 g/mol. The van der Waals surface area contributed by atoms with Crippen LogP contribution >= 0.6 is 11.3 Å². The molecule has 1 atom stereocenters. The number of aliphatic hydroxyl groups is 1. The fourth-order valence-corrected chi connectivity index (χ4v) is 2.74. The second kappa shape index (κ2) is 5.27. The van der Waals surface area contributed by atoms with Gasteiger partial charge in [-0.1, -0.05) is 6.07 Å². The average Bonchev–Trinajstić information content (AvgIpc) is 3.13. The molecule has 1 unspecified atom stereocenters. The van der Waals surface area contributed by atoms with Gasteiger partial charge in [-0.3, -0.25) is 9.20 Å². The van der Waals surface area contributed by atoms with Gasteiger partial charge >= 0.3 is 0 Å². The molecule has 0 aliphatic rings. The van der Waals surface area contributed by atoms with Crippen LogP contribution in [0.3, 0.4) is 0 Å². The molecule has 1 amide bonds. The Labute approximate surface area is 125 Å². The van der Waals surface area contributed by atoms with Crippen LogP contribution in [0.5, 0.6) is 0 Å². The second-order valence-corrected chi connectivity index (χ2v) is 5.83. The maximum atomic E-state index is 12.1. The molecule has 0 bridgehead atoms. The van der Waals surface area contributed by atoms with Gasteiger partial charge in [0.25, 0.3) is 5.91 Å². The number of thiophene rings is 1. The van der Waals surface area contributed by atoms with Crippen LogP contribution in [0.1, 0.15) is 22.3 Å². The van der Waals surface area contributed by atoms with Crippen LogP contribution in [0.4, 0.5) is 0 Å². The number of amides is 1. The molecule has 0 saturated carbocycles. The molecular weight excluding hydrogens is 288 g/mol. The van der Waals surface area contributed by atoms with E-state index in [1.54, 1.807) is 36.0 Å². The summed E-state index contributed by atoms with van der Waals surface area (Å²) in [4.78, 5) is 21.1. The van der Waals surface area contributed by atoms with E-state index in [9.17, 15) is 9.90 Å². The van der Waals surface area contributed by atoms with Crippen LogP contribution in [0.25, 0.3) is 5.78 Å². The molecular formula is C14H14N4O2S. The highest BCUT2D eigenvalue weighted by molar-refractivity contribution is 7.10. The number of fused-ring (bicyclic) bond motifs is 1. The molecule has 0 aliphatic carbocycles. The standard InChI is InChI=1S/C14H14N4O2S/c1-14(20,11-4-2-7-21-11)9-16-12(19)10-8-18-6-3-5-15-13(18)17-10/h2-8,20H,9H2,1H3,(H,16,19). The summed E-state index contributed by atoms with van der Waals surface area (Å²) in [5, 5.41) is 15.0. The number of nitrogens with one attached hydrogen (secondary N) is 1. The molecule has 2 N–H and O–H groups in total. The summed E-state index contributed by atoms with van der Waals surface area (Å²) in [6.45, 7) is 1.79. The minimum Gasteiger partial charge on any atom is -0.383 e.